The summed E-state index contributed by atoms with van der Waals surface area (Å²) in [4.78, 5) is 55.5. The van der Waals surface area contributed by atoms with E-state index in [1.807, 2.05) is 0 Å². The average Bonchev–Trinajstić information content (AvgIpc) is 3.06. The quantitative estimate of drug-likeness (QED) is 0.112. The lowest BCUT2D eigenvalue weighted by Gasteiger charge is -2.54. The number of benzene rings is 1. The van der Waals surface area contributed by atoms with Crippen molar-refractivity contribution in [2.75, 3.05) is 27.3 Å². The maximum absolute atomic E-state index is 14.5. The number of methoxy groups -OCH3 is 1. The van der Waals surface area contributed by atoms with Gasteiger partial charge in [0.15, 0.2) is 5.69 Å². The number of unbranched alkanes of at least 4 members (excludes halogenated alkanes) is 12. The van der Waals surface area contributed by atoms with Crippen molar-refractivity contribution in [2.45, 2.75) is 122 Å². The Balaban J connectivity index is 1.43. The molecular weight excluding hydrogens is 649 g/mol. The Kier molecular flexibility index (Phi) is 14.7. The Morgan fingerprint density at radius 3 is 2.20 bits per heavy atom. The van der Waals surface area contributed by atoms with Crippen LogP contribution in [0.5, 0.6) is 5.75 Å². The van der Waals surface area contributed by atoms with Gasteiger partial charge in [0.05, 0.1) is 10.6 Å². The first-order chi connectivity index (χ1) is 23.6. The molecule has 0 bridgehead atoms. The molecule has 2 heterocycles. The molecule has 1 saturated carbocycles. The van der Waals surface area contributed by atoms with Crippen molar-refractivity contribution in [3.8, 4) is 5.75 Å². The molecule has 0 radical (unpaired) electrons. The topological polar surface area (TPSA) is 107 Å². The number of nitrogens with zero attached hydrogens (tertiary/aromatic N) is 2. The molecule has 1 N–H and O–H groups in total. The van der Waals surface area contributed by atoms with Crippen LogP contribution in [0.1, 0.15) is 136 Å². The van der Waals surface area contributed by atoms with E-state index in [-0.39, 0.29) is 40.7 Å². The van der Waals surface area contributed by atoms with Gasteiger partial charge in [-0.15, -0.1) is 0 Å². The molecule has 1 fully saturated rings. The number of ether oxygens (including phenoxy) is 2. The minimum atomic E-state index is -0.861. The number of fused-ring (bicyclic) bond motifs is 2. The van der Waals surface area contributed by atoms with Crippen molar-refractivity contribution in [2.24, 2.45) is 5.92 Å². The highest BCUT2D eigenvalue weighted by atomic mass is 35.5. The largest absolute Gasteiger partial charge is 0.420 e. The average molecular weight is 702 g/mol. The molecule has 1 aromatic carbocycles. The number of hydrogen-bond acceptors (Lipinski definition) is 6. The highest BCUT2D eigenvalue weighted by Crippen LogP contribution is 2.48. The summed E-state index contributed by atoms with van der Waals surface area (Å²) >= 11 is 5.90. The first-order valence-corrected chi connectivity index (χ1v) is 18.5. The van der Waals surface area contributed by atoms with Crippen LogP contribution in [0.4, 0.5) is 4.39 Å². The lowest BCUT2D eigenvalue weighted by atomic mass is 9.67. The molecule has 2 aromatic rings. The summed E-state index contributed by atoms with van der Waals surface area (Å²) in [7, 11) is 3.29. The van der Waals surface area contributed by atoms with E-state index in [2.05, 4.69) is 12.2 Å². The molecule has 1 aliphatic heterocycles. The highest BCUT2D eigenvalue weighted by Gasteiger charge is 2.52. The summed E-state index contributed by atoms with van der Waals surface area (Å²) in [5.74, 6) is -2.74. The zero-order chi connectivity index (χ0) is 35.4. The number of carbonyl (C=O) groups is 3. The zero-order valence-electron chi connectivity index (χ0n) is 29.4. The van der Waals surface area contributed by atoms with Crippen LogP contribution in [-0.2, 0) is 21.6 Å². The molecule has 2 aliphatic rings. The Morgan fingerprint density at radius 1 is 0.980 bits per heavy atom. The molecule has 11 heteroatoms. The van der Waals surface area contributed by atoms with Gasteiger partial charge < -0.3 is 24.3 Å². The Morgan fingerprint density at radius 2 is 1.59 bits per heavy atom. The third-order valence-corrected chi connectivity index (χ3v) is 10.2. The number of carbonyl (C=O) groups excluding carboxylic acids is 3. The predicted octanol–water partition coefficient (Wildman–Crippen LogP) is 7.79. The summed E-state index contributed by atoms with van der Waals surface area (Å²) in [5, 5.41) is 2.51. The van der Waals surface area contributed by atoms with Crippen molar-refractivity contribution < 1.29 is 28.2 Å². The van der Waals surface area contributed by atoms with Gasteiger partial charge in [-0.05, 0) is 31.2 Å². The van der Waals surface area contributed by atoms with Crippen LogP contribution >= 0.6 is 11.6 Å². The summed E-state index contributed by atoms with van der Waals surface area (Å²) in [6, 6.07) is 4.45. The third-order valence-electron chi connectivity index (χ3n) is 9.91. The minimum Gasteiger partial charge on any atom is -0.420 e. The van der Waals surface area contributed by atoms with Crippen molar-refractivity contribution in [1.82, 2.24) is 14.8 Å². The Bertz CT molecular complexity index is 1510. The first-order valence-electron chi connectivity index (χ1n) is 18.1. The monoisotopic (exact) mass is 701 g/mol. The first kappa shape index (κ1) is 38.6. The summed E-state index contributed by atoms with van der Waals surface area (Å²) in [6.45, 7) is 2.92. The van der Waals surface area contributed by atoms with Crippen LogP contribution in [0, 0.1) is 11.7 Å². The summed E-state index contributed by atoms with van der Waals surface area (Å²) < 4.78 is 27.2. The number of likely N-dealkylation sites (N-methyl/N-ethyl adjacent to an activating group) is 1. The van der Waals surface area contributed by atoms with E-state index < -0.39 is 40.3 Å². The van der Waals surface area contributed by atoms with E-state index in [9.17, 15) is 23.6 Å². The van der Waals surface area contributed by atoms with Gasteiger partial charge in [0, 0.05) is 52.0 Å². The maximum atomic E-state index is 14.5. The number of hydrogen-bond donors (Lipinski definition) is 1. The molecule has 1 spiro atoms. The molecule has 4 rings (SSSR count). The van der Waals surface area contributed by atoms with E-state index in [1.54, 1.807) is 24.8 Å². The molecule has 2 amide bonds. The number of rotatable bonds is 20. The van der Waals surface area contributed by atoms with Crippen LogP contribution in [-0.4, -0.2) is 54.6 Å². The van der Waals surface area contributed by atoms with E-state index in [0.29, 0.717) is 32.4 Å². The molecule has 0 unspecified atom stereocenters. The molecule has 1 aliphatic carbocycles. The fourth-order valence-electron chi connectivity index (χ4n) is 7.29. The SMILES string of the molecule is CCCCCCCCCCCCCCCC(=O)Oc1c2n(cc(C(=O)NCc3cccc(Cl)c3F)c1=O)[C@]1(CN(C)C2=O)C[C@@H](COC)C1. The molecule has 270 valence electrons. The van der Waals surface area contributed by atoms with Crippen LogP contribution in [0.25, 0.3) is 0 Å². The van der Waals surface area contributed by atoms with E-state index >= 15 is 0 Å². The standard InChI is InChI=1S/C38H53ClFN3O6/c1-4-5-6-7-8-9-10-11-12-13-14-15-16-20-31(44)49-35-33-37(47)42(2)26-38(21-27(22-38)25-48-3)43(33)24-29(34(35)45)36(46)41-23-28-18-17-19-30(39)32(28)40/h17-19,24,27H,4-16,20-23,25-26H2,1-3H3,(H,41,46)/t27-,38-. The third kappa shape index (κ3) is 9.94. The van der Waals surface area contributed by atoms with Gasteiger partial charge >= 0.3 is 5.97 Å². The fraction of sp³-hybridized carbons (Fsp3) is 0.632. The molecule has 9 nitrogen and oxygen atoms in total. The van der Waals surface area contributed by atoms with Gasteiger partial charge in [0.2, 0.25) is 11.2 Å². The van der Waals surface area contributed by atoms with Crippen LogP contribution in [0.2, 0.25) is 5.02 Å². The maximum Gasteiger partial charge on any atom is 0.311 e. The number of pyridine rings is 1. The smallest absolute Gasteiger partial charge is 0.311 e. The fourth-order valence-corrected chi connectivity index (χ4v) is 7.49. The van der Waals surface area contributed by atoms with E-state index in [4.69, 9.17) is 21.1 Å². The van der Waals surface area contributed by atoms with Crippen LogP contribution in [0.3, 0.4) is 0 Å². The minimum absolute atomic E-state index is 0.0363. The second-order valence-corrected chi connectivity index (χ2v) is 14.3. The zero-order valence-corrected chi connectivity index (χ0v) is 30.2. The molecule has 1 aromatic heterocycles. The highest BCUT2D eigenvalue weighted by molar-refractivity contribution is 6.30. The molecular formula is C38H53ClFN3O6. The van der Waals surface area contributed by atoms with E-state index in [0.717, 1.165) is 19.3 Å². The van der Waals surface area contributed by atoms with Gasteiger partial charge in [-0.1, -0.05) is 108 Å². The van der Waals surface area contributed by atoms with Crippen molar-refractivity contribution in [3.63, 3.8) is 0 Å². The molecule has 0 atom stereocenters. The van der Waals surface area contributed by atoms with Gasteiger partial charge in [-0.2, -0.15) is 0 Å². The summed E-state index contributed by atoms with van der Waals surface area (Å²) in [5.41, 5.74) is -1.63. The predicted molar refractivity (Wildman–Crippen MR) is 189 cm³/mol. The lowest BCUT2D eigenvalue weighted by molar-refractivity contribution is -0.134. The number of aromatic nitrogens is 1. The van der Waals surface area contributed by atoms with Crippen LogP contribution in [0.15, 0.2) is 29.2 Å². The van der Waals surface area contributed by atoms with Crippen molar-refractivity contribution >= 4 is 29.4 Å². The van der Waals surface area contributed by atoms with Crippen molar-refractivity contribution in [1.29, 1.82) is 0 Å². The second kappa shape index (κ2) is 18.7. The second-order valence-electron chi connectivity index (χ2n) is 13.9. The Hall–Kier alpha value is -3.24. The number of halogens is 2. The molecule has 0 saturated heterocycles. The molecule has 49 heavy (non-hydrogen) atoms. The van der Waals surface area contributed by atoms with E-state index in [1.165, 1.54) is 81.0 Å². The van der Waals surface area contributed by atoms with Crippen molar-refractivity contribution in [3.05, 3.63) is 62.3 Å². The van der Waals surface area contributed by atoms with Gasteiger partial charge in [-0.3, -0.25) is 19.2 Å². The lowest BCUT2D eigenvalue weighted by Crippen LogP contribution is -2.60. The Labute approximate surface area is 294 Å². The number of amides is 2. The van der Waals surface area contributed by atoms with Gasteiger partial charge in [0.25, 0.3) is 11.8 Å². The van der Waals surface area contributed by atoms with Gasteiger partial charge in [0.1, 0.15) is 11.4 Å². The number of esters is 1. The number of nitrogens with one attached hydrogen (secondary N) is 1. The van der Waals surface area contributed by atoms with Gasteiger partial charge in [-0.25, -0.2) is 4.39 Å². The normalized spacial score (nSPS) is 18.3. The van der Waals surface area contributed by atoms with Crippen LogP contribution < -0.4 is 15.5 Å². The summed E-state index contributed by atoms with van der Waals surface area (Å²) in [6.07, 6.45) is 18.0.